The highest BCUT2D eigenvalue weighted by Gasteiger charge is 2.54. The van der Waals surface area contributed by atoms with Crippen molar-refractivity contribution in [1.29, 1.82) is 0 Å². The van der Waals surface area contributed by atoms with Crippen molar-refractivity contribution in [3.63, 3.8) is 0 Å². The van der Waals surface area contributed by atoms with Gasteiger partial charge in [0.2, 0.25) is 0 Å². The highest BCUT2D eigenvalue weighted by atomic mass is 32.2. The van der Waals surface area contributed by atoms with E-state index in [0.717, 1.165) is 15.9 Å². The van der Waals surface area contributed by atoms with Gasteiger partial charge in [0.15, 0.2) is 0 Å². The predicted octanol–water partition coefficient (Wildman–Crippen LogP) is 5.62. The second-order valence-corrected chi connectivity index (χ2v) is 17.8. The summed E-state index contributed by atoms with van der Waals surface area (Å²) in [6.07, 6.45) is 0.136. The Hall–Kier alpha value is -2.78. The van der Waals surface area contributed by atoms with Gasteiger partial charge in [-0.15, -0.1) is 0 Å². The molecular formula is C33H42O6SSi. The van der Waals surface area contributed by atoms with Crippen LogP contribution in [-0.2, 0) is 28.3 Å². The molecule has 4 atom stereocenters. The fraction of sp³-hybridized carbons (Fsp3) is 0.424. The van der Waals surface area contributed by atoms with Crippen molar-refractivity contribution in [3.8, 4) is 0 Å². The van der Waals surface area contributed by atoms with Crippen LogP contribution in [0.3, 0.4) is 0 Å². The summed E-state index contributed by atoms with van der Waals surface area (Å²) in [4.78, 5) is 13.1. The van der Waals surface area contributed by atoms with E-state index in [0.29, 0.717) is 12.8 Å². The number of rotatable bonds is 9. The number of hydrogen-bond donors (Lipinski definition) is 0. The molecule has 0 bridgehead atoms. The summed E-state index contributed by atoms with van der Waals surface area (Å²) in [5, 5.41) is 1.97. The molecule has 220 valence electrons. The number of hydrogen-bond acceptors (Lipinski definition) is 6. The third kappa shape index (κ3) is 6.51. The standard InChI is InChI=1S/C33H42O6SSi/c1-7-29-30(38-40(35,36)26-20-18-24(2)19-21-26)22-25(32(34)37-6)23-31(29)39-41(33(3,4)5,27-14-10-8-11-15-27)28-16-12-9-13-17-28/h8-21,25,29-31H,7,22-23H2,1-6H3/t25-,29+,30-,31+/m1/s1. The summed E-state index contributed by atoms with van der Waals surface area (Å²) in [5.74, 6) is -1.18. The first-order valence-corrected chi connectivity index (χ1v) is 17.6. The molecule has 41 heavy (non-hydrogen) atoms. The number of aryl methyl sites for hydroxylation is 1. The molecular weight excluding hydrogens is 553 g/mol. The normalized spacial score (nSPS) is 21.8. The summed E-state index contributed by atoms with van der Waals surface area (Å²) >= 11 is 0. The van der Waals surface area contributed by atoms with Crippen LogP contribution in [0.25, 0.3) is 0 Å². The summed E-state index contributed by atoms with van der Waals surface area (Å²) in [6.45, 7) is 10.5. The Morgan fingerprint density at radius 2 is 1.37 bits per heavy atom. The predicted molar refractivity (Wildman–Crippen MR) is 164 cm³/mol. The highest BCUT2D eigenvalue weighted by molar-refractivity contribution is 7.86. The van der Waals surface area contributed by atoms with Crippen molar-refractivity contribution in [2.24, 2.45) is 11.8 Å². The Bertz CT molecular complexity index is 1360. The van der Waals surface area contributed by atoms with E-state index in [4.69, 9.17) is 13.3 Å². The highest BCUT2D eigenvalue weighted by Crippen LogP contribution is 2.43. The van der Waals surface area contributed by atoms with Crippen molar-refractivity contribution in [1.82, 2.24) is 0 Å². The van der Waals surface area contributed by atoms with Gasteiger partial charge in [0.1, 0.15) is 0 Å². The Kier molecular flexibility index (Phi) is 9.58. The fourth-order valence-electron chi connectivity index (χ4n) is 6.22. The first-order valence-electron chi connectivity index (χ1n) is 14.3. The van der Waals surface area contributed by atoms with Gasteiger partial charge in [-0.25, -0.2) is 0 Å². The summed E-state index contributed by atoms with van der Waals surface area (Å²) < 4.78 is 45.5. The van der Waals surface area contributed by atoms with Gasteiger partial charge < -0.3 is 9.16 Å². The number of methoxy groups -OCH3 is 1. The molecule has 0 heterocycles. The molecule has 0 amide bonds. The molecule has 0 radical (unpaired) electrons. The maximum atomic E-state index is 13.4. The number of benzene rings is 3. The van der Waals surface area contributed by atoms with Gasteiger partial charge in [0.05, 0.1) is 30.1 Å². The molecule has 0 spiro atoms. The minimum absolute atomic E-state index is 0.0996. The zero-order valence-corrected chi connectivity index (χ0v) is 26.7. The third-order valence-corrected chi connectivity index (χ3v) is 14.7. The van der Waals surface area contributed by atoms with Gasteiger partial charge in [-0.2, -0.15) is 8.42 Å². The maximum absolute atomic E-state index is 13.4. The number of esters is 1. The molecule has 0 saturated heterocycles. The Morgan fingerprint density at radius 3 is 1.83 bits per heavy atom. The molecule has 4 rings (SSSR count). The van der Waals surface area contributed by atoms with Gasteiger partial charge in [-0.05, 0) is 53.7 Å². The van der Waals surface area contributed by atoms with E-state index in [1.165, 1.54) is 7.11 Å². The number of carbonyl (C=O) groups excluding carboxylic acids is 1. The largest absolute Gasteiger partial charge is 0.469 e. The Balaban J connectivity index is 1.81. The average molecular weight is 595 g/mol. The third-order valence-electron chi connectivity index (χ3n) is 8.30. The topological polar surface area (TPSA) is 78.9 Å². The summed E-state index contributed by atoms with van der Waals surface area (Å²) in [7, 11) is -5.69. The van der Waals surface area contributed by atoms with Crippen molar-refractivity contribution >= 4 is 34.8 Å². The SMILES string of the molecule is CC[C@@H]1[C@@H](O[Si](c2ccccc2)(c2ccccc2)C(C)(C)C)C[C@H](C(=O)OC)C[C@H]1OS(=O)(=O)c1ccc(C)cc1. The van der Waals surface area contributed by atoms with Crippen LogP contribution < -0.4 is 10.4 Å². The smallest absolute Gasteiger partial charge is 0.308 e. The minimum atomic E-state index is -4.07. The molecule has 8 heteroatoms. The van der Waals surface area contributed by atoms with Crippen LogP contribution in [0.15, 0.2) is 89.8 Å². The molecule has 0 unspecified atom stereocenters. The van der Waals surface area contributed by atoms with Gasteiger partial charge in [0, 0.05) is 5.92 Å². The lowest BCUT2D eigenvalue weighted by atomic mass is 9.76. The first kappa shape index (κ1) is 31.2. The maximum Gasteiger partial charge on any atom is 0.308 e. The second kappa shape index (κ2) is 12.6. The average Bonchev–Trinajstić information content (AvgIpc) is 2.95. The monoisotopic (exact) mass is 594 g/mol. The quantitative estimate of drug-likeness (QED) is 0.182. The van der Waals surface area contributed by atoms with Crippen LogP contribution in [0.1, 0.15) is 52.5 Å². The Labute approximate surface area is 246 Å². The van der Waals surface area contributed by atoms with E-state index in [-0.39, 0.29) is 28.2 Å². The zero-order valence-electron chi connectivity index (χ0n) is 24.9. The number of carbonyl (C=O) groups is 1. The molecule has 3 aromatic carbocycles. The minimum Gasteiger partial charge on any atom is -0.469 e. The van der Waals surface area contributed by atoms with Crippen molar-refractivity contribution in [2.75, 3.05) is 7.11 Å². The molecule has 0 aliphatic heterocycles. The van der Waals surface area contributed by atoms with E-state index in [1.54, 1.807) is 24.3 Å². The lowest BCUT2D eigenvalue weighted by molar-refractivity contribution is -0.151. The van der Waals surface area contributed by atoms with Crippen molar-refractivity contribution in [2.45, 2.75) is 76.0 Å². The fourth-order valence-corrected chi connectivity index (χ4v) is 12.1. The second-order valence-electron chi connectivity index (χ2n) is 12.0. The van der Waals surface area contributed by atoms with E-state index < -0.39 is 36.6 Å². The van der Waals surface area contributed by atoms with Crippen molar-refractivity contribution in [3.05, 3.63) is 90.5 Å². The van der Waals surface area contributed by atoms with Gasteiger partial charge in [-0.3, -0.25) is 8.98 Å². The van der Waals surface area contributed by atoms with Crippen molar-refractivity contribution < 1.29 is 26.6 Å². The lowest BCUT2D eigenvalue weighted by Gasteiger charge is -2.49. The number of ether oxygens (including phenoxy) is 1. The molecule has 6 nitrogen and oxygen atoms in total. The molecule has 3 aromatic rings. The van der Waals surface area contributed by atoms with Gasteiger partial charge in [-0.1, -0.05) is 106 Å². The van der Waals surface area contributed by atoms with Crippen LogP contribution in [-0.4, -0.2) is 42.0 Å². The van der Waals surface area contributed by atoms with E-state index in [2.05, 4.69) is 45.0 Å². The van der Waals surface area contributed by atoms with Crippen LogP contribution in [0, 0.1) is 18.8 Å². The van der Waals surface area contributed by atoms with Crippen LogP contribution >= 0.6 is 0 Å². The van der Waals surface area contributed by atoms with E-state index in [1.807, 2.05) is 50.2 Å². The molecule has 1 fully saturated rings. The molecule has 1 aliphatic carbocycles. The van der Waals surface area contributed by atoms with E-state index in [9.17, 15) is 13.2 Å². The van der Waals surface area contributed by atoms with Crippen LogP contribution in [0.4, 0.5) is 0 Å². The first-order chi connectivity index (χ1) is 19.4. The van der Waals surface area contributed by atoms with Gasteiger partial charge >= 0.3 is 5.97 Å². The molecule has 1 saturated carbocycles. The van der Waals surface area contributed by atoms with Gasteiger partial charge in [0.25, 0.3) is 18.4 Å². The molecule has 1 aliphatic rings. The molecule has 0 aromatic heterocycles. The van der Waals surface area contributed by atoms with E-state index >= 15 is 0 Å². The summed E-state index contributed by atoms with van der Waals surface area (Å²) in [5.41, 5.74) is 0.956. The molecule has 0 N–H and O–H groups in total. The summed E-state index contributed by atoms with van der Waals surface area (Å²) in [6, 6.07) is 27.3. The van der Waals surface area contributed by atoms with Crippen LogP contribution in [0.2, 0.25) is 5.04 Å². The van der Waals surface area contributed by atoms with Crippen LogP contribution in [0.5, 0.6) is 0 Å². The zero-order chi connectivity index (χ0) is 29.8. The Morgan fingerprint density at radius 1 is 0.854 bits per heavy atom. The lowest BCUT2D eigenvalue weighted by Crippen LogP contribution is -2.69.